The molecule has 1 N–H and O–H groups in total. The number of hydrogen-bond acceptors (Lipinski definition) is 3. The summed E-state index contributed by atoms with van der Waals surface area (Å²) >= 11 is 12.6. The Kier molecular flexibility index (Phi) is 12.7. The fraction of sp³-hybridized carbons (Fsp3) is 0.367. The topological polar surface area (TPSA) is 43.8 Å². The summed E-state index contributed by atoms with van der Waals surface area (Å²) in [4.78, 5) is 16.9. The zero-order chi connectivity index (χ0) is 25.7. The Hall–Kier alpha value is -1.95. The van der Waals surface area contributed by atoms with Gasteiger partial charge in [0.25, 0.3) is 0 Å². The number of rotatable bonds is 8. The second-order valence-electron chi connectivity index (χ2n) is 9.76. The number of anilines is 1. The van der Waals surface area contributed by atoms with Crippen molar-refractivity contribution < 1.29 is 9.90 Å². The number of phenolic OH excluding ortho intramolecular Hbond substituents is 1. The van der Waals surface area contributed by atoms with Crippen molar-refractivity contribution in [2.24, 2.45) is 0 Å². The van der Waals surface area contributed by atoms with Crippen molar-refractivity contribution in [3.8, 4) is 5.75 Å². The van der Waals surface area contributed by atoms with Gasteiger partial charge in [0.2, 0.25) is 5.91 Å². The van der Waals surface area contributed by atoms with E-state index >= 15 is 0 Å². The fourth-order valence-electron chi connectivity index (χ4n) is 5.16. The van der Waals surface area contributed by atoms with Crippen LogP contribution in [0.25, 0.3) is 0 Å². The highest BCUT2D eigenvalue weighted by molar-refractivity contribution is 6.42. The number of nitrogens with zero attached hydrogens (tertiary/aromatic N) is 2. The third-order valence-corrected chi connectivity index (χ3v) is 8.10. The van der Waals surface area contributed by atoms with Crippen LogP contribution in [0.3, 0.4) is 0 Å². The summed E-state index contributed by atoms with van der Waals surface area (Å²) in [5.74, 6) is 0.689. The summed E-state index contributed by atoms with van der Waals surface area (Å²) in [5, 5.41) is 11.7. The van der Waals surface area contributed by atoms with E-state index < -0.39 is 0 Å². The van der Waals surface area contributed by atoms with E-state index in [1.54, 1.807) is 17.9 Å². The highest BCUT2D eigenvalue weighted by Gasteiger charge is 2.25. The van der Waals surface area contributed by atoms with Gasteiger partial charge < -0.3 is 14.9 Å². The average molecular weight is 598 g/mol. The number of aromatic hydroxyl groups is 1. The second kappa shape index (κ2) is 15.0. The molecule has 1 unspecified atom stereocenters. The molecule has 1 saturated heterocycles. The van der Waals surface area contributed by atoms with Crippen LogP contribution < -0.4 is 4.90 Å². The second-order valence-corrected chi connectivity index (χ2v) is 10.6. The van der Waals surface area contributed by atoms with E-state index in [-0.39, 0.29) is 42.4 Å². The van der Waals surface area contributed by atoms with E-state index in [0.717, 1.165) is 50.0 Å². The molecule has 1 aliphatic rings. The monoisotopic (exact) mass is 596 g/mol. The van der Waals surface area contributed by atoms with Crippen molar-refractivity contribution in [2.75, 3.05) is 31.1 Å². The first-order valence-corrected chi connectivity index (χ1v) is 13.4. The Morgan fingerprint density at radius 2 is 1.68 bits per heavy atom. The minimum absolute atomic E-state index is 0. The summed E-state index contributed by atoms with van der Waals surface area (Å²) < 4.78 is 0. The number of hydrogen-bond donors (Lipinski definition) is 1. The molecule has 0 bridgehead atoms. The van der Waals surface area contributed by atoms with Crippen LogP contribution in [-0.2, 0) is 4.79 Å². The van der Waals surface area contributed by atoms with E-state index in [4.69, 9.17) is 23.2 Å². The molecular weight excluding hydrogens is 562 g/mol. The van der Waals surface area contributed by atoms with Crippen LogP contribution in [0.1, 0.15) is 54.7 Å². The molecule has 1 fully saturated rings. The van der Waals surface area contributed by atoms with Crippen LogP contribution in [0.15, 0.2) is 66.7 Å². The number of carbonyl (C=O) groups excluding carboxylic acids is 1. The van der Waals surface area contributed by atoms with Crippen molar-refractivity contribution in [1.29, 1.82) is 0 Å². The smallest absolute Gasteiger partial charge is 0.223 e. The number of carbonyl (C=O) groups is 1. The summed E-state index contributed by atoms with van der Waals surface area (Å²) in [6, 6.07) is 22.0. The molecule has 3 aromatic carbocycles. The van der Waals surface area contributed by atoms with Crippen LogP contribution in [0, 0.1) is 6.92 Å². The van der Waals surface area contributed by atoms with Gasteiger partial charge in [-0.3, -0.25) is 4.79 Å². The van der Waals surface area contributed by atoms with Gasteiger partial charge in [0.1, 0.15) is 5.75 Å². The van der Waals surface area contributed by atoms with E-state index in [9.17, 15) is 9.90 Å². The fourth-order valence-corrected chi connectivity index (χ4v) is 5.47. The van der Waals surface area contributed by atoms with E-state index in [0.29, 0.717) is 28.2 Å². The standard InChI is InChI=1S/C30H34Cl2N2O2.2ClH/c1-21-7-6-10-29(30(21)36)34(22(2)35)20-26(25-11-12-27(31)28(32)19-25)15-18-33-16-13-24(14-17-33)23-8-4-3-5-9-23;;/h3-12,19,24,26,36H,13-18,20H2,1-2H3;2*1H. The van der Waals surface area contributed by atoms with Crippen LogP contribution >= 0.6 is 48.0 Å². The molecule has 3 aromatic rings. The lowest BCUT2D eigenvalue weighted by Gasteiger charge is -2.34. The van der Waals surface area contributed by atoms with Gasteiger partial charge in [0, 0.05) is 19.4 Å². The first kappa shape index (κ1) is 32.3. The van der Waals surface area contributed by atoms with Crippen LogP contribution in [0.5, 0.6) is 5.75 Å². The predicted octanol–water partition coefficient (Wildman–Crippen LogP) is 8.26. The number of phenols is 1. The Labute approximate surface area is 248 Å². The normalized spacial score (nSPS) is 14.7. The molecular formula is C30H36Cl4N2O2. The number of aryl methyl sites for hydroxylation is 1. The van der Waals surface area contributed by atoms with Crippen molar-refractivity contribution >= 4 is 59.6 Å². The van der Waals surface area contributed by atoms with Crippen molar-refractivity contribution in [3.63, 3.8) is 0 Å². The minimum Gasteiger partial charge on any atom is -0.505 e. The lowest BCUT2D eigenvalue weighted by Crippen LogP contribution is -2.37. The molecule has 4 nitrogen and oxygen atoms in total. The summed E-state index contributed by atoms with van der Waals surface area (Å²) in [7, 11) is 0. The zero-order valence-electron chi connectivity index (χ0n) is 21.8. The third kappa shape index (κ3) is 8.03. The average Bonchev–Trinajstić information content (AvgIpc) is 2.88. The molecule has 0 saturated carbocycles. The van der Waals surface area contributed by atoms with Crippen molar-refractivity contribution in [1.82, 2.24) is 4.90 Å². The van der Waals surface area contributed by atoms with Gasteiger partial charge >= 0.3 is 0 Å². The van der Waals surface area contributed by atoms with Gasteiger partial charge in [-0.2, -0.15) is 0 Å². The molecule has 206 valence electrons. The predicted molar refractivity (Wildman–Crippen MR) is 164 cm³/mol. The summed E-state index contributed by atoms with van der Waals surface area (Å²) in [6.45, 7) is 6.88. The molecule has 1 aliphatic heterocycles. The Morgan fingerprint density at radius 3 is 2.32 bits per heavy atom. The number of amides is 1. The van der Waals surface area contributed by atoms with Gasteiger partial charge in [-0.1, -0.05) is 71.7 Å². The highest BCUT2D eigenvalue weighted by Crippen LogP contribution is 2.35. The molecule has 1 heterocycles. The summed E-state index contributed by atoms with van der Waals surface area (Å²) in [6.07, 6.45) is 3.17. The molecule has 0 spiro atoms. The zero-order valence-corrected chi connectivity index (χ0v) is 24.9. The number of para-hydroxylation sites is 1. The number of piperidine rings is 1. The Morgan fingerprint density at radius 1 is 1.00 bits per heavy atom. The first-order chi connectivity index (χ1) is 17.3. The van der Waals surface area contributed by atoms with Gasteiger partial charge in [-0.05, 0) is 86.6 Å². The number of halogens is 4. The van der Waals surface area contributed by atoms with Gasteiger partial charge in [-0.25, -0.2) is 0 Å². The molecule has 1 atom stereocenters. The first-order valence-electron chi connectivity index (χ1n) is 12.6. The molecule has 0 radical (unpaired) electrons. The van der Waals surface area contributed by atoms with Crippen LogP contribution in [-0.4, -0.2) is 42.1 Å². The van der Waals surface area contributed by atoms with E-state index in [1.807, 2.05) is 37.3 Å². The highest BCUT2D eigenvalue weighted by atomic mass is 35.5. The summed E-state index contributed by atoms with van der Waals surface area (Å²) in [5.41, 5.74) is 3.75. The van der Waals surface area contributed by atoms with Gasteiger partial charge in [-0.15, -0.1) is 24.8 Å². The van der Waals surface area contributed by atoms with Gasteiger partial charge in [0.15, 0.2) is 0 Å². The number of likely N-dealkylation sites (tertiary alicyclic amines) is 1. The molecule has 4 rings (SSSR count). The quantitative estimate of drug-likeness (QED) is 0.284. The Balaban J connectivity index is 0.00000253. The SMILES string of the molecule is CC(=O)N(CC(CCN1CCC(c2ccccc2)CC1)c1ccc(Cl)c(Cl)c1)c1cccc(C)c1O.Cl.Cl. The van der Waals surface area contributed by atoms with E-state index in [1.165, 1.54) is 5.56 Å². The maximum Gasteiger partial charge on any atom is 0.223 e. The lowest BCUT2D eigenvalue weighted by molar-refractivity contribution is -0.116. The molecule has 0 aromatic heterocycles. The molecule has 1 amide bonds. The lowest BCUT2D eigenvalue weighted by atomic mass is 9.89. The van der Waals surface area contributed by atoms with Crippen LogP contribution in [0.2, 0.25) is 10.0 Å². The maximum atomic E-state index is 12.7. The molecule has 0 aliphatic carbocycles. The van der Waals surface area contributed by atoms with Crippen molar-refractivity contribution in [2.45, 2.75) is 44.9 Å². The van der Waals surface area contributed by atoms with Crippen LogP contribution in [0.4, 0.5) is 5.69 Å². The molecule has 8 heteroatoms. The molecule has 38 heavy (non-hydrogen) atoms. The van der Waals surface area contributed by atoms with Gasteiger partial charge in [0.05, 0.1) is 15.7 Å². The third-order valence-electron chi connectivity index (χ3n) is 7.36. The number of benzene rings is 3. The largest absolute Gasteiger partial charge is 0.505 e. The van der Waals surface area contributed by atoms with E-state index in [2.05, 4.69) is 35.2 Å². The Bertz CT molecular complexity index is 1180. The maximum absolute atomic E-state index is 12.7. The van der Waals surface area contributed by atoms with Crippen molar-refractivity contribution in [3.05, 3.63) is 93.5 Å². The minimum atomic E-state index is -0.107.